The van der Waals surface area contributed by atoms with Crippen molar-refractivity contribution < 1.29 is 18.7 Å². The predicted octanol–water partition coefficient (Wildman–Crippen LogP) is 3.48. The number of amides is 2. The molecule has 1 atom stereocenters. The highest BCUT2D eigenvalue weighted by Gasteiger charge is 2.29. The molecule has 0 aromatic heterocycles. The molecule has 1 fully saturated rings. The van der Waals surface area contributed by atoms with E-state index in [0.29, 0.717) is 18.7 Å². The predicted molar refractivity (Wildman–Crippen MR) is 90.3 cm³/mol. The molecule has 2 rings (SSSR count). The minimum Gasteiger partial charge on any atom is -0.443 e. The summed E-state index contributed by atoms with van der Waals surface area (Å²) < 4.78 is 18.7. The van der Waals surface area contributed by atoms with Gasteiger partial charge in [-0.15, -0.1) is 0 Å². The molecule has 2 amide bonds. The third kappa shape index (κ3) is 5.22. The Morgan fingerprint density at radius 3 is 2.58 bits per heavy atom. The van der Waals surface area contributed by atoms with Crippen LogP contribution in [0.3, 0.4) is 0 Å². The van der Waals surface area contributed by atoms with Crippen LogP contribution in [0.4, 0.5) is 14.9 Å². The van der Waals surface area contributed by atoms with Crippen molar-refractivity contribution >= 4 is 17.7 Å². The van der Waals surface area contributed by atoms with E-state index in [9.17, 15) is 14.0 Å². The number of hydrogen-bond donors (Lipinski definition) is 1. The molecule has 1 aromatic carbocycles. The first-order chi connectivity index (χ1) is 11.3. The molecule has 1 N–H and O–H groups in total. The van der Waals surface area contributed by atoms with E-state index in [-0.39, 0.29) is 24.2 Å². The van der Waals surface area contributed by atoms with Gasteiger partial charge in [-0.05, 0) is 57.9 Å². The van der Waals surface area contributed by atoms with E-state index in [1.807, 2.05) is 0 Å². The Morgan fingerprint density at radius 2 is 1.96 bits per heavy atom. The molecule has 1 aromatic rings. The Hall–Kier alpha value is -2.11. The van der Waals surface area contributed by atoms with Gasteiger partial charge in [0.15, 0.2) is 0 Å². The first-order valence-corrected chi connectivity index (χ1v) is 8.30. The maximum atomic E-state index is 13.2. The van der Waals surface area contributed by atoms with Gasteiger partial charge in [-0.3, -0.25) is 9.69 Å². The average molecular weight is 336 g/mol. The summed E-state index contributed by atoms with van der Waals surface area (Å²) >= 11 is 0. The zero-order chi connectivity index (χ0) is 17.7. The number of carbonyl (C=O) groups excluding carboxylic acids is 2. The second-order valence-corrected chi connectivity index (χ2v) is 7.05. The third-order valence-electron chi connectivity index (χ3n) is 3.80. The lowest BCUT2D eigenvalue weighted by Gasteiger charge is -2.29. The minimum atomic E-state index is -0.652. The number of ether oxygens (including phenoxy) is 1. The van der Waals surface area contributed by atoms with Crippen LogP contribution in [-0.2, 0) is 9.53 Å². The summed E-state index contributed by atoms with van der Waals surface area (Å²) in [7, 11) is 0. The number of benzene rings is 1. The minimum absolute atomic E-state index is 0.0526. The topological polar surface area (TPSA) is 58.6 Å². The van der Waals surface area contributed by atoms with Gasteiger partial charge in [0.25, 0.3) is 0 Å². The van der Waals surface area contributed by atoms with Crippen LogP contribution in [0, 0.1) is 11.7 Å². The van der Waals surface area contributed by atoms with Gasteiger partial charge in [0, 0.05) is 18.8 Å². The zero-order valence-electron chi connectivity index (χ0n) is 14.5. The van der Waals surface area contributed by atoms with Crippen LogP contribution in [0.25, 0.3) is 0 Å². The molecule has 24 heavy (non-hydrogen) atoms. The standard InChI is InChI=1S/C18H25FN2O3/c1-18(2,3)24-17(23)21(15-9-7-14(19)8-10-15)12-13-6-4-5-11-20-16(13)22/h7-10,13H,4-6,11-12H2,1-3H3,(H,20,22). The van der Waals surface area contributed by atoms with Crippen LogP contribution in [0.1, 0.15) is 40.0 Å². The molecule has 0 saturated carbocycles. The summed E-state index contributed by atoms with van der Waals surface area (Å²) in [5.74, 6) is -0.733. The van der Waals surface area contributed by atoms with Crippen molar-refractivity contribution in [1.82, 2.24) is 5.32 Å². The van der Waals surface area contributed by atoms with E-state index >= 15 is 0 Å². The normalized spacial score (nSPS) is 18.5. The Bertz CT molecular complexity index is 581. The van der Waals surface area contributed by atoms with Crippen molar-refractivity contribution in [2.45, 2.75) is 45.6 Å². The highest BCUT2D eigenvalue weighted by Crippen LogP contribution is 2.23. The fourth-order valence-electron chi connectivity index (χ4n) is 2.62. The van der Waals surface area contributed by atoms with Crippen molar-refractivity contribution in [3.8, 4) is 0 Å². The van der Waals surface area contributed by atoms with Crippen LogP contribution >= 0.6 is 0 Å². The Labute approximate surface area is 142 Å². The van der Waals surface area contributed by atoms with E-state index in [4.69, 9.17) is 4.74 Å². The maximum Gasteiger partial charge on any atom is 0.414 e. The van der Waals surface area contributed by atoms with Gasteiger partial charge < -0.3 is 10.1 Å². The van der Waals surface area contributed by atoms with Crippen LogP contribution in [0.5, 0.6) is 0 Å². The van der Waals surface area contributed by atoms with Crippen LogP contribution in [0.15, 0.2) is 24.3 Å². The van der Waals surface area contributed by atoms with E-state index in [0.717, 1.165) is 12.8 Å². The lowest BCUT2D eigenvalue weighted by Crippen LogP contribution is -2.43. The number of carbonyl (C=O) groups is 2. The molecule has 0 spiro atoms. The number of nitrogens with zero attached hydrogens (tertiary/aromatic N) is 1. The van der Waals surface area contributed by atoms with Crippen molar-refractivity contribution in [2.24, 2.45) is 5.92 Å². The monoisotopic (exact) mass is 336 g/mol. The van der Waals surface area contributed by atoms with Gasteiger partial charge in [-0.1, -0.05) is 6.42 Å². The van der Waals surface area contributed by atoms with Crippen molar-refractivity contribution in [3.05, 3.63) is 30.1 Å². The molecule has 1 aliphatic rings. The molecule has 0 radical (unpaired) electrons. The maximum absolute atomic E-state index is 13.2. The largest absolute Gasteiger partial charge is 0.443 e. The summed E-state index contributed by atoms with van der Waals surface area (Å²) in [5, 5.41) is 2.87. The fraction of sp³-hybridized carbons (Fsp3) is 0.556. The molecule has 0 aliphatic carbocycles. The van der Waals surface area contributed by atoms with Crippen LogP contribution in [-0.4, -0.2) is 30.7 Å². The van der Waals surface area contributed by atoms with Gasteiger partial charge in [0.2, 0.25) is 5.91 Å². The molecule has 132 valence electrons. The van der Waals surface area contributed by atoms with Crippen LogP contribution < -0.4 is 10.2 Å². The second-order valence-electron chi connectivity index (χ2n) is 7.05. The van der Waals surface area contributed by atoms with E-state index in [2.05, 4.69) is 5.32 Å². The van der Waals surface area contributed by atoms with Gasteiger partial charge in [0.1, 0.15) is 11.4 Å². The summed E-state index contributed by atoms with van der Waals surface area (Å²) in [4.78, 5) is 26.2. The highest BCUT2D eigenvalue weighted by molar-refractivity contribution is 5.89. The van der Waals surface area contributed by atoms with Crippen molar-refractivity contribution in [1.29, 1.82) is 0 Å². The summed E-state index contributed by atoms with van der Waals surface area (Å²) in [6.07, 6.45) is 2.04. The molecule has 0 bridgehead atoms. The molecule has 1 heterocycles. The average Bonchev–Trinajstić information content (AvgIpc) is 2.69. The summed E-state index contributed by atoms with van der Waals surface area (Å²) in [6, 6.07) is 5.63. The van der Waals surface area contributed by atoms with E-state index < -0.39 is 11.7 Å². The zero-order valence-corrected chi connectivity index (χ0v) is 14.5. The lowest BCUT2D eigenvalue weighted by molar-refractivity contribution is -0.124. The number of hydrogen-bond acceptors (Lipinski definition) is 3. The molecule has 6 heteroatoms. The Kier molecular flexibility index (Phi) is 5.80. The van der Waals surface area contributed by atoms with Gasteiger partial charge in [0.05, 0.1) is 5.92 Å². The molecule has 1 unspecified atom stereocenters. The Morgan fingerprint density at radius 1 is 1.29 bits per heavy atom. The van der Waals surface area contributed by atoms with E-state index in [1.165, 1.54) is 29.2 Å². The molecule has 1 saturated heterocycles. The lowest BCUT2D eigenvalue weighted by atomic mass is 10.0. The number of halogens is 1. The quantitative estimate of drug-likeness (QED) is 0.919. The number of anilines is 1. The van der Waals surface area contributed by atoms with Gasteiger partial charge in [-0.25, -0.2) is 9.18 Å². The van der Waals surface area contributed by atoms with Crippen LogP contribution in [0.2, 0.25) is 0 Å². The summed E-state index contributed by atoms with van der Waals surface area (Å²) in [6.45, 7) is 6.23. The molecular weight excluding hydrogens is 311 g/mol. The smallest absolute Gasteiger partial charge is 0.414 e. The van der Waals surface area contributed by atoms with E-state index in [1.54, 1.807) is 20.8 Å². The van der Waals surface area contributed by atoms with Crippen molar-refractivity contribution in [2.75, 3.05) is 18.0 Å². The van der Waals surface area contributed by atoms with Crippen molar-refractivity contribution in [3.63, 3.8) is 0 Å². The number of nitrogens with one attached hydrogen (secondary N) is 1. The molecule has 1 aliphatic heterocycles. The number of rotatable bonds is 3. The third-order valence-corrected chi connectivity index (χ3v) is 3.80. The first kappa shape index (κ1) is 18.2. The molecular formula is C18H25FN2O3. The highest BCUT2D eigenvalue weighted by atomic mass is 19.1. The SMILES string of the molecule is CC(C)(C)OC(=O)N(CC1CCCCNC1=O)c1ccc(F)cc1. The second kappa shape index (κ2) is 7.64. The fourth-order valence-corrected chi connectivity index (χ4v) is 2.62. The van der Waals surface area contributed by atoms with Gasteiger partial charge in [-0.2, -0.15) is 0 Å². The first-order valence-electron chi connectivity index (χ1n) is 8.30. The van der Waals surface area contributed by atoms with Gasteiger partial charge >= 0.3 is 6.09 Å². The Balaban J connectivity index is 2.22. The molecule has 5 nitrogen and oxygen atoms in total. The summed E-state index contributed by atoms with van der Waals surface area (Å²) in [5.41, 5.74) is -0.135.